The summed E-state index contributed by atoms with van der Waals surface area (Å²) in [6, 6.07) is 10.5. The van der Waals surface area contributed by atoms with Crippen LogP contribution in [0.4, 0.5) is 37.7 Å². The molecule has 4 amide bonds. The van der Waals surface area contributed by atoms with Crippen molar-refractivity contribution in [3.05, 3.63) is 96.1 Å². The van der Waals surface area contributed by atoms with Gasteiger partial charge in [-0.15, -0.1) is 0 Å². The summed E-state index contributed by atoms with van der Waals surface area (Å²) in [4.78, 5) is 48.8. The maximum Gasteiger partial charge on any atom is 0.422 e. The van der Waals surface area contributed by atoms with Gasteiger partial charge in [0.1, 0.15) is 34.1 Å². The van der Waals surface area contributed by atoms with Crippen LogP contribution in [0, 0.1) is 0 Å². The Morgan fingerprint density at radius 2 is 0.786 bits per heavy atom. The third-order valence-electron chi connectivity index (χ3n) is 5.96. The van der Waals surface area contributed by atoms with Crippen molar-refractivity contribution in [3.63, 3.8) is 0 Å². The first kappa shape index (κ1) is 28.1. The molecule has 0 atom stereocenters. The average molecular weight is 588 g/mol. The molecule has 8 nitrogen and oxygen atoms in total. The maximum absolute atomic E-state index is 14.0. The van der Waals surface area contributed by atoms with Gasteiger partial charge in [-0.3, -0.25) is 19.2 Å². The largest absolute Gasteiger partial charge is 0.457 e. The number of carbonyl (C=O) groups excluding carboxylic acids is 4. The van der Waals surface area contributed by atoms with Crippen molar-refractivity contribution in [3.8, 4) is 23.0 Å². The molecule has 3 aromatic rings. The molecule has 14 heteroatoms. The van der Waals surface area contributed by atoms with Gasteiger partial charge >= 0.3 is 12.4 Å². The van der Waals surface area contributed by atoms with E-state index in [1.54, 1.807) is 0 Å². The molecular formula is C28H14F6N2O6. The molecule has 2 heterocycles. The van der Waals surface area contributed by atoms with Gasteiger partial charge in [-0.1, -0.05) is 12.1 Å². The van der Waals surface area contributed by atoms with Crippen molar-refractivity contribution >= 4 is 35.0 Å². The van der Waals surface area contributed by atoms with Gasteiger partial charge < -0.3 is 9.47 Å². The highest BCUT2D eigenvalue weighted by Crippen LogP contribution is 2.46. The Balaban J connectivity index is 1.44. The summed E-state index contributed by atoms with van der Waals surface area (Å²) in [5.74, 6) is -5.76. The number of carbonyl (C=O) groups is 4. The number of alkyl halides is 6. The van der Waals surface area contributed by atoms with E-state index < -0.39 is 70.0 Å². The third-order valence-corrected chi connectivity index (χ3v) is 5.96. The zero-order chi connectivity index (χ0) is 30.4. The van der Waals surface area contributed by atoms with E-state index in [9.17, 15) is 45.5 Å². The third kappa shape index (κ3) is 5.21. The zero-order valence-corrected chi connectivity index (χ0v) is 20.7. The fourth-order valence-electron chi connectivity index (χ4n) is 4.26. The summed E-state index contributed by atoms with van der Waals surface area (Å²) >= 11 is 0. The normalized spacial score (nSPS) is 15.3. The lowest BCUT2D eigenvalue weighted by molar-refractivity contribution is -0.139. The van der Waals surface area contributed by atoms with Crippen molar-refractivity contribution in [1.82, 2.24) is 0 Å². The Hall–Kier alpha value is -5.40. The minimum atomic E-state index is -5.05. The number of benzene rings is 3. The van der Waals surface area contributed by atoms with Gasteiger partial charge in [0.05, 0.1) is 11.4 Å². The van der Waals surface area contributed by atoms with Gasteiger partial charge in [-0.05, 0) is 48.5 Å². The number of hydrogen-bond acceptors (Lipinski definition) is 6. The van der Waals surface area contributed by atoms with Crippen molar-refractivity contribution in [1.29, 1.82) is 0 Å². The Labute approximate surface area is 231 Å². The molecule has 42 heavy (non-hydrogen) atoms. The van der Waals surface area contributed by atoms with Crippen molar-refractivity contribution in [2.45, 2.75) is 12.4 Å². The van der Waals surface area contributed by atoms with E-state index in [-0.39, 0.29) is 11.5 Å². The molecule has 214 valence electrons. The van der Waals surface area contributed by atoms with Gasteiger partial charge in [0.15, 0.2) is 0 Å². The number of anilines is 2. The summed E-state index contributed by atoms with van der Waals surface area (Å²) < 4.78 is 95.0. The first-order chi connectivity index (χ1) is 19.8. The van der Waals surface area contributed by atoms with E-state index in [0.717, 1.165) is 85.0 Å². The van der Waals surface area contributed by atoms with Crippen LogP contribution in [0.2, 0.25) is 0 Å². The van der Waals surface area contributed by atoms with E-state index in [0.29, 0.717) is 9.80 Å². The Bertz CT molecular complexity index is 1530. The molecule has 0 fully saturated rings. The molecule has 0 aromatic heterocycles. The molecule has 2 aliphatic rings. The van der Waals surface area contributed by atoms with Crippen LogP contribution in [0.5, 0.6) is 23.0 Å². The van der Waals surface area contributed by atoms with Crippen LogP contribution in [-0.4, -0.2) is 23.6 Å². The van der Waals surface area contributed by atoms with Crippen LogP contribution in [0.15, 0.2) is 85.0 Å². The van der Waals surface area contributed by atoms with Crippen molar-refractivity contribution < 1.29 is 55.0 Å². The van der Waals surface area contributed by atoms with Crippen LogP contribution < -0.4 is 19.3 Å². The molecule has 0 unspecified atom stereocenters. The number of halogens is 6. The first-order valence-corrected chi connectivity index (χ1v) is 11.7. The van der Waals surface area contributed by atoms with Crippen LogP contribution in [-0.2, 0) is 31.5 Å². The monoisotopic (exact) mass is 588 g/mol. The SMILES string of the molecule is O=C1C=CC(=O)N1c1cccc(Oc2ccc(Oc3cccc(N4C(=O)C=CC4=O)c3C(F)(F)F)cc2)c1C(F)(F)F. The Morgan fingerprint density at radius 1 is 0.476 bits per heavy atom. The van der Waals surface area contributed by atoms with E-state index in [2.05, 4.69) is 0 Å². The molecule has 0 saturated carbocycles. The smallest absolute Gasteiger partial charge is 0.422 e. The molecule has 0 aliphatic carbocycles. The highest BCUT2D eigenvalue weighted by atomic mass is 19.4. The fourth-order valence-corrected chi connectivity index (χ4v) is 4.26. The molecule has 0 bridgehead atoms. The number of amides is 4. The molecule has 0 N–H and O–H groups in total. The molecule has 0 radical (unpaired) electrons. The Kier molecular flexibility index (Phi) is 6.84. The number of ether oxygens (including phenoxy) is 2. The topological polar surface area (TPSA) is 93.2 Å². The number of rotatable bonds is 6. The van der Waals surface area contributed by atoms with Crippen LogP contribution in [0.3, 0.4) is 0 Å². The van der Waals surface area contributed by atoms with E-state index in [1.807, 2.05) is 0 Å². The summed E-state index contributed by atoms with van der Waals surface area (Å²) in [6.07, 6.45) is -6.80. The summed E-state index contributed by atoms with van der Waals surface area (Å²) in [6.45, 7) is 0. The lowest BCUT2D eigenvalue weighted by atomic mass is 10.1. The Morgan fingerprint density at radius 3 is 1.07 bits per heavy atom. The molecule has 5 rings (SSSR count). The quantitative estimate of drug-likeness (QED) is 0.253. The number of nitrogens with zero attached hydrogens (tertiary/aromatic N) is 2. The number of hydrogen-bond donors (Lipinski definition) is 0. The second-order valence-electron chi connectivity index (χ2n) is 8.66. The molecular weight excluding hydrogens is 574 g/mol. The lowest BCUT2D eigenvalue weighted by Crippen LogP contribution is -2.31. The highest BCUT2D eigenvalue weighted by molar-refractivity contribution is 6.29. The second kappa shape index (κ2) is 10.2. The molecule has 2 aliphatic heterocycles. The van der Waals surface area contributed by atoms with Gasteiger partial charge in [0.2, 0.25) is 0 Å². The van der Waals surface area contributed by atoms with Gasteiger partial charge in [0, 0.05) is 24.3 Å². The second-order valence-corrected chi connectivity index (χ2v) is 8.66. The fraction of sp³-hybridized carbons (Fsp3) is 0.0714. The van der Waals surface area contributed by atoms with Crippen LogP contribution in [0.1, 0.15) is 11.1 Å². The minimum absolute atomic E-state index is 0.189. The summed E-state index contributed by atoms with van der Waals surface area (Å²) in [7, 11) is 0. The molecule has 3 aromatic carbocycles. The zero-order valence-electron chi connectivity index (χ0n) is 20.7. The van der Waals surface area contributed by atoms with Gasteiger partial charge in [-0.25, -0.2) is 9.80 Å². The van der Waals surface area contributed by atoms with E-state index >= 15 is 0 Å². The van der Waals surface area contributed by atoms with E-state index in [1.165, 1.54) is 0 Å². The molecule has 0 spiro atoms. The standard InChI is InChI=1S/C28H14F6N2O6/c29-27(30,31)25-17(35-21(37)11-12-22(35)38)3-1-5-19(25)41-15-7-9-16(10-8-15)42-20-6-2-4-18(26(20)28(32,33)34)36-23(39)13-14-24(36)40/h1-14H. The predicted octanol–water partition coefficient (Wildman–Crippen LogP) is 6.17. The molecule has 0 saturated heterocycles. The van der Waals surface area contributed by atoms with Crippen molar-refractivity contribution in [2.24, 2.45) is 0 Å². The van der Waals surface area contributed by atoms with Gasteiger partial charge in [0.25, 0.3) is 23.6 Å². The average Bonchev–Trinajstić information content (AvgIpc) is 3.42. The highest BCUT2D eigenvalue weighted by Gasteiger charge is 2.43. The first-order valence-electron chi connectivity index (χ1n) is 11.7. The summed E-state index contributed by atoms with van der Waals surface area (Å²) in [5.41, 5.74) is -4.29. The van der Waals surface area contributed by atoms with E-state index in [4.69, 9.17) is 9.47 Å². The van der Waals surface area contributed by atoms with Crippen molar-refractivity contribution in [2.75, 3.05) is 9.80 Å². The minimum Gasteiger partial charge on any atom is -0.457 e. The summed E-state index contributed by atoms with van der Waals surface area (Å²) in [5, 5.41) is 0. The lowest BCUT2D eigenvalue weighted by Gasteiger charge is -2.22. The number of imide groups is 2. The maximum atomic E-state index is 14.0. The van der Waals surface area contributed by atoms with Gasteiger partial charge in [-0.2, -0.15) is 26.3 Å². The predicted molar refractivity (Wildman–Crippen MR) is 133 cm³/mol. The van der Waals surface area contributed by atoms with Crippen LogP contribution >= 0.6 is 0 Å². The van der Waals surface area contributed by atoms with Crippen LogP contribution in [0.25, 0.3) is 0 Å².